The van der Waals surface area contributed by atoms with E-state index in [1.807, 2.05) is 11.3 Å². The van der Waals surface area contributed by atoms with E-state index in [0.717, 1.165) is 5.69 Å². The average Bonchev–Trinajstić information content (AvgIpc) is 4.01. The van der Waals surface area contributed by atoms with Crippen LogP contribution in [0.1, 0.15) is 47.9 Å². The zero-order chi connectivity index (χ0) is 44.6. The Morgan fingerprint density at radius 3 is 1.63 bits per heavy atom. The van der Waals surface area contributed by atoms with E-state index in [9.17, 15) is 0 Å². The number of hydrogen-bond acceptors (Lipinski definition) is 3. The summed E-state index contributed by atoms with van der Waals surface area (Å²) in [5, 5.41) is 0. The van der Waals surface area contributed by atoms with Crippen LogP contribution in [-0.2, 0) is 10.8 Å². The predicted molar refractivity (Wildman–Crippen MR) is 284 cm³/mol. The molecule has 4 heteroatoms. The summed E-state index contributed by atoms with van der Waals surface area (Å²) >= 11 is 2.05. The SMILES string of the molecule is CC(C)(C)c1ccc(-c2ccccc2)c(-c2ccc3c(c2)N(c2ccccc2)c2cccc4c2B3c2sc3c(c2N4c2ccccc2)-c2ccccc2C32c3ccccc3-c3ccccc32)c1. The van der Waals surface area contributed by atoms with Crippen LogP contribution < -0.4 is 25.5 Å². The summed E-state index contributed by atoms with van der Waals surface area (Å²) in [6, 6.07) is 82.2. The van der Waals surface area contributed by atoms with Gasteiger partial charge in [0.2, 0.25) is 0 Å². The van der Waals surface area contributed by atoms with Gasteiger partial charge in [-0.2, -0.15) is 0 Å². The van der Waals surface area contributed by atoms with Gasteiger partial charge < -0.3 is 9.80 Å². The van der Waals surface area contributed by atoms with Crippen LogP contribution in [0.15, 0.2) is 218 Å². The minimum atomic E-state index is -0.443. The number of thiophene rings is 1. The van der Waals surface area contributed by atoms with Crippen molar-refractivity contribution in [3.05, 3.63) is 246 Å². The van der Waals surface area contributed by atoms with Gasteiger partial charge in [-0.05, 0) is 120 Å². The lowest BCUT2D eigenvalue weighted by atomic mass is 9.36. The third kappa shape index (κ3) is 5.28. The normalized spacial score (nSPS) is 14.2. The monoisotopic (exact) mass is 872 g/mol. The molecule has 1 spiro atoms. The van der Waals surface area contributed by atoms with Crippen LogP contribution in [-0.4, -0.2) is 6.71 Å². The van der Waals surface area contributed by atoms with Gasteiger partial charge in [-0.15, -0.1) is 11.3 Å². The van der Waals surface area contributed by atoms with Gasteiger partial charge in [0.1, 0.15) is 0 Å². The topological polar surface area (TPSA) is 6.48 Å². The quantitative estimate of drug-likeness (QED) is 0.163. The molecule has 4 aliphatic rings. The molecular weight excluding hydrogens is 828 g/mol. The molecule has 316 valence electrons. The fourth-order valence-corrected chi connectivity index (χ4v) is 13.8. The molecule has 10 aromatic rings. The van der Waals surface area contributed by atoms with Gasteiger partial charge in [0.15, 0.2) is 0 Å². The Hall–Kier alpha value is -7.66. The van der Waals surface area contributed by atoms with Crippen LogP contribution in [0.3, 0.4) is 0 Å². The van der Waals surface area contributed by atoms with Crippen molar-refractivity contribution in [3.8, 4) is 44.5 Å². The van der Waals surface area contributed by atoms with Crippen molar-refractivity contribution in [2.45, 2.75) is 31.6 Å². The Morgan fingerprint density at radius 1 is 0.433 bits per heavy atom. The molecule has 2 aliphatic carbocycles. The van der Waals surface area contributed by atoms with Gasteiger partial charge in [-0.3, -0.25) is 0 Å². The Bertz CT molecular complexity index is 3600. The highest BCUT2D eigenvalue weighted by Crippen LogP contribution is 2.66. The standard InChI is InChI=1S/C63H45BN2S/c1-62(2,3)42-35-36-45(40-20-7-4-8-21-40)49(39-42)41-34-37-53-56(38-41)65(43-22-9-5-10-23-43)54-32-19-33-55-58(54)64(53)61-59(66(55)44-24-11-6-12-25-44)57-48-28-15-18-31-52(48)63(60(57)67-61)50-29-16-13-26-46(50)47-27-14-17-30-51(47)63/h4-39H,1-3H3. The lowest BCUT2D eigenvalue weighted by molar-refractivity contribution is 0.590. The first-order chi connectivity index (χ1) is 32.9. The van der Waals surface area contributed by atoms with E-state index in [2.05, 4.69) is 249 Å². The van der Waals surface area contributed by atoms with Gasteiger partial charge in [-0.25, -0.2) is 0 Å². The molecule has 1 aromatic heterocycles. The molecule has 0 fully saturated rings. The van der Waals surface area contributed by atoms with Gasteiger partial charge >= 0.3 is 0 Å². The van der Waals surface area contributed by atoms with E-state index in [4.69, 9.17) is 0 Å². The second-order valence-electron chi connectivity index (χ2n) is 19.5. The van der Waals surface area contributed by atoms with Gasteiger partial charge in [0.25, 0.3) is 6.71 Å². The molecule has 2 nitrogen and oxygen atoms in total. The van der Waals surface area contributed by atoms with Crippen molar-refractivity contribution in [3.63, 3.8) is 0 Å². The summed E-state index contributed by atoms with van der Waals surface area (Å²) in [5.41, 5.74) is 25.2. The van der Waals surface area contributed by atoms with E-state index < -0.39 is 5.41 Å². The number of nitrogens with zero attached hydrogens (tertiary/aromatic N) is 2. The molecule has 0 amide bonds. The van der Waals surface area contributed by atoms with Crippen LogP contribution in [0, 0.1) is 0 Å². The number of anilines is 6. The number of para-hydroxylation sites is 2. The summed E-state index contributed by atoms with van der Waals surface area (Å²) in [5.74, 6) is 0. The zero-order valence-electron chi connectivity index (χ0n) is 37.7. The second-order valence-corrected chi connectivity index (χ2v) is 20.6. The number of rotatable bonds is 4. The van der Waals surface area contributed by atoms with Crippen molar-refractivity contribution >= 4 is 67.9 Å². The minimum Gasteiger partial charge on any atom is -0.311 e. The Morgan fingerprint density at radius 2 is 0.985 bits per heavy atom. The number of hydrogen-bond donors (Lipinski definition) is 0. The molecule has 14 rings (SSSR count). The highest BCUT2D eigenvalue weighted by Gasteiger charge is 2.56. The molecule has 0 saturated carbocycles. The summed E-state index contributed by atoms with van der Waals surface area (Å²) in [4.78, 5) is 6.57. The van der Waals surface area contributed by atoms with Crippen molar-refractivity contribution < 1.29 is 0 Å². The fourth-order valence-electron chi connectivity index (χ4n) is 12.2. The Balaban J connectivity index is 1.09. The van der Waals surface area contributed by atoms with Gasteiger partial charge in [0, 0.05) is 43.7 Å². The van der Waals surface area contributed by atoms with E-state index in [-0.39, 0.29) is 12.1 Å². The van der Waals surface area contributed by atoms with Crippen molar-refractivity contribution in [2.24, 2.45) is 0 Å². The third-order valence-corrected chi connectivity index (χ3v) is 16.4. The summed E-state index contributed by atoms with van der Waals surface area (Å²) in [6.45, 7) is 6.94. The lowest BCUT2D eigenvalue weighted by Gasteiger charge is -2.43. The van der Waals surface area contributed by atoms with E-state index in [1.165, 1.54) is 116 Å². The maximum atomic E-state index is 2.61. The zero-order valence-corrected chi connectivity index (χ0v) is 38.5. The number of fused-ring (bicyclic) bond motifs is 15. The Labute approximate surface area is 397 Å². The predicted octanol–water partition coefficient (Wildman–Crippen LogP) is 14.8. The summed E-state index contributed by atoms with van der Waals surface area (Å²) < 4.78 is 1.39. The van der Waals surface area contributed by atoms with Gasteiger partial charge in [0.05, 0.1) is 11.1 Å². The molecule has 9 aromatic carbocycles. The molecule has 0 N–H and O–H groups in total. The molecule has 0 unspecified atom stereocenters. The average molecular weight is 873 g/mol. The van der Waals surface area contributed by atoms with Crippen molar-refractivity contribution in [2.75, 3.05) is 9.80 Å². The maximum absolute atomic E-state index is 2.61. The molecule has 67 heavy (non-hydrogen) atoms. The Kier molecular flexibility index (Phi) is 8.17. The second kappa shape index (κ2) is 14.2. The summed E-state index contributed by atoms with van der Waals surface area (Å²) in [7, 11) is 0. The fraction of sp³-hybridized carbons (Fsp3) is 0.0794. The molecular formula is C63H45BN2S. The maximum Gasteiger partial charge on any atom is 0.264 e. The highest BCUT2D eigenvalue weighted by atomic mass is 32.1. The largest absolute Gasteiger partial charge is 0.311 e. The minimum absolute atomic E-state index is 0.00798. The third-order valence-electron chi connectivity index (χ3n) is 15.0. The number of benzene rings is 9. The van der Waals surface area contributed by atoms with Crippen LogP contribution >= 0.6 is 11.3 Å². The highest BCUT2D eigenvalue weighted by molar-refractivity contribution is 7.30. The first-order valence-electron chi connectivity index (χ1n) is 23.6. The van der Waals surface area contributed by atoms with Crippen LogP contribution in [0.5, 0.6) is 0 Å². The van der Waals surface area contributed by atoms with E-state index in [1.54, 1.807) is 0 Å². The van der Waals surface area contributed by atoms with E-state index in [0.29, 0.717) is 0 Å². The molecule has 2 aliphatic heterocycles. The molecule has 0 atom stereocenters. The van der Waals surface area contributed by atoms with Crippen LogP contribution in [0.25, 0.3) is 44.5 Å². The molecule has 0 bridgehead atoms. The van der Waals surface area contributed by atoms with Crippen molar-refractivity contribution in [1.82, 2.24) is 0 Å². The first-order valence-corrected chi connectivity index (χ1v) is 24.4. The van der Waals surface area contributed by atoms with E-state index >= 15 is 0 Å². The van der Waals surface area contributed by atoms with Crippen LogP contribution in [0.4, 0.5) is 34.1 Å². The van der Waals surface area contributed by atoms with Gasteiger partial charge in [-0.1, -0.05) is 197 Å². The molecule has 0 radical (unpaired) electrons. The van der Waals surface area contributed by atoms with Crippen LogP contribution in [0.2, 0.25) is 0 Å². The smallest absolute Gasteiger partial charge is 0.264 e. The first kappa shape index (κ1) is 38.6. The molecule has 0 saturated heterocycles. The lowest BCUT2D eigenvalue weighted by Crippen LogP contribution is -2.60. The molecule has 3 heterocycles. The summed E-state index contributed by atoms with van der Waals surface area (Å²) in [6.07, 6.45) is 0. The van der Waals surface area contributed by atoms with Crippen molar-refractivity contribution in [1.29, 1.82) is 0 Å².